The molecule has 5 rings (SSSR count). The van der Waals surface area contributed by atoms with Crippen LogP contribution < -0.4 is 15.5 Å². The number of benzene rings is 1. The van der Waals surface area contributed by atoms with Gasteiger partial charge in [-0.3, -0.25) is 4.79 Å². The van der Waals surface area contributed by atoms with Crippen LogP contribution in [0.3, 0.4) is 0 Å². The number of piperidine rings is 1. The van der Waals surface area contributed by atoms with Gasteiger partial charge in [-0.15, -0.1) is 0 Å². The van der Waals surface area contributed by atoms with Gasteiger partial charge in [-0.1, -0.05) is 0 Å². The van der Waals surface area contributed by atoms with Crippen molar-refractivity contribution in [2.75, 3.05) is 68.4 Å². The van der Waals surface area contributed by atoms with Gasteiger partial charge < -0.3 is 25.3 Å². The van der Waals surface area contributed by atoms with Gasteiger partial charge in [0, 0.05) is 69.8 Å². The first-order chi connectivity index (χ1) is 18.3. The molecule has 0 spiro atoms. The highest BCUT2D eigenvalue weighted by molar-refractivity contribution is 5.76. The number of anilines is 4. The molecule has 2 aromatic rings. The van der Waals surface area contributed by atoms with Crippen molar-refractivity contribution in [2.24, 2.45) is 0 Å². The minimum Gasteiger partial charge on any atom is -0.369 e. The number of carbonyl (C=O) groups excluding carboxylic acids is 1. The Morgan fingerprint density at radius 1 is 1.08 bits per heavy atom. The summed E-state index contributed by atoms with van der Waals surface area (Å²) < 4.78 is 41.0. The zero-order valence-electron chi connectivity index (χ0n) is 21.9. The number of carbonyl (C=O) groups is 1. The van der Waals surface area contributed by atoms with Crippen molar-refractivity contribution in [1.82, 2.24) is 19.8 Å². The standard InChI is InChI=1S/C27H36F3N7O/c1-35-13-15-36(16-14-35)20-8-9-23(21(17-20)19-6-7-19)33-26-32-18-22(27(28,29)30)25(34-26)31-10-4-12-37-11-3-2-5-24(37)38/h8-9,17-19H,2-7,10-16H2,1H3,(H2,31,32,33,34). The lowest BCUT2D eigenvalue weighted by Gasteiger charge is -2.34. The molecule has 0 bridgehead atoms. The molecule has 0 unspecified atom stereocenters. The van der Waals surface area contributed by atoms with E-state index in [0.717, 1.165) is 69.3 Å². The quantitative estimate of drug-likeness (QED) is 0.455. The number of amides is 1. The molecule has 0 radical (unpaired) electrons. The van der Waals surface area contributed by atoms with Crippen molar-refractivity contribution in [2.45, 2.75) is 50.6 Å². The van der Waals surface area contributed by atoms with Crippen LogP contribution in [-0.4, -0.2) is 78.5 Å². The van der Waals surface area contributed by atoms with Crippen LogP contribution in [0.2, 0.25) is 0 Å². The molecule has 2 aliphatic heterocycles. The smallest absolute Gasteiger partial charge is 0.369 e. The van der Waals surface area contributed by atoms with Crippen molar-refractivity contribution < 1.29 is 18.0 Å². The van der Waals surface area contributed by atoms with E-state index in [1.165, 1.54) is 5.69 Å². The van der Waals surface area contributed by atoms with Crippen molar-refractivity contribution in [3.8, 4) is 0 Å². The summed E-state index contributed by atoms with van der Waals surface area (Å²) in [6, 6.07) is 6.26. The number of halogens is 3. The zero-order valence-corrected chi connectivity index (χ0v) is 21.9. The zero-order chi connectivity index (χ0) is 26.7. The van der Waals surface area contributed by atoms with E-state index in [1.807, 2.05) is 6.07 Å². The third-order valence-electron chi connectivity index (χ3n) is 7.58. The molecule has 38 heavy (non-hydrogen) atoms. The lowest BCUT2D eigenvalue weighted by atomic mass is 10.1. The van der Waals surface area contributed by atoms with Crippen molar-refractivity contribution in [1.29, 1.82) is 0 Å². The maximum absolute atomic E-state index is 13.7. The second-order valence-electron chi connectivity index (χ2n) is 10.5. The first-order valence-electron chi connectivity index (χ1n) is 13.6. The number of nitrogens with zero attached hydrogens (tertiary/aromatic N) is 5. The highest BCUT2D eigenvalue weighted by Crippen LogP contribution is 2.45. The van der Waals surface area contributed by atoms with Crippen molar-refractivity contribution >= 4 is 29.0 Å². The number of nitrogens with one attached hydrogen (secondary N) is 2. The summed E-state index contributed by atoms with van der Waals surface area (Å²) in [7, 11) is 2.13. The first kappa shape index (κ1) is 26.5. The molecule has 1 aliphatic carbocycles. The molecule has 3 aliphatic rings. The maximum atomic E-state index is 13.7. The van der Waals surface area contributed by atoms with E-state index in [1.54, 1.807) is 4.90 Å². The number of likely N-dealkylation sites (tertiary alicyclic amines) is 1. The first-order valence-corrected chi connectivity index (χ1v) is 13.6. The summed E-state index contributed by atoms with van der Waals surface area (Å²) in [4.78, 5) is 26.7. The third-order valence-corrected chi connectivity index (χ3v) is 7.58. The maximum Gasteiger partial charge on any atom is 0.421 e. The van der Waals surface area contributed by atoms with Gasteiger partial charge in [0.25, 0.3) is 0 Å². The van der Waals surface area contributed by atoms with Gasteiger partial charge in [0.2, 0.25) is 11.9 Å². The third kappa shape index (κ3) is 6.48. The molecule has 1 amide bonds. The molecule has 3 heterocycles. The largest absolute Gasteiger partial charge is 0.421 e. The van der Waals surface area contributed by atoms with E-state index >= 15 is 0 Å². The predicted octanol–water partition coefficient (Wildman–Crippen LogP) is 4.68. The lowest BCUT2D eigenvalue weighted by molar-refractivity contribution is -0.137. The molecule has 11 heteroatoms. The fourth-order valence-electron chi connectivity index (χ4n) is 5.14. The van der Waals surface area contributed by atoms with E-state index in [-0.39, 0.29) is 24.2 Å². The van der Waals surface area contributed by atoms with Gasteiger partial charge >= 0.3 is 6.18 Å². The highest BCUT2D eigenvalue weighted by Gasteiger charge is 2.35. The van der Waals surface area contributed by atoms with Crippen LogP contribution >= 0.6 is 0 Å². The minimum atomic E-state index is -4.58. The molecule has 1 aromatic carbocycles. The van der Waals surface area contributed by atoms with Crippen LogP contribution in [0.5, 0.6) is 0 Å². The molecular formula is C27H36F3N7O. The van der Waals surface area contributed by atoms with E-state index < -0.39 is 11.7 Å². The second kappa shape index (κ2) is 11.3. The fraction of sp³-hybridized carbons (Fsp3) is 0.593. The molecule has 3 fully saturated rings. The fourth-order valence-corrected chi connectivity index (χ4v) is 5.14. The lowest BCUT2D eigenvalue weighted by Crippen LogP contribution is -2.44. The Morgan fingerprint density at radius 3 is 2.58 bits per heavy atom. The molecule has 1 aromatic heterocycles. The van der Waals surface area contributed by atoms with Crippen LogP contribution in [0, 0.1) is 0 Å². The van der Waals surface area contributed by atoms with E-state index in [9.17, 15) is 18.0 Å². The van der Waals surface area contributed by atoms with E-state index in [0.29, 0.717) is 31.8 Å². The molecule has 2 saturated heterocycles. The Labute approximate surface area is 221 Å². The average molecular weight is 532 g/mol. The number of likely N-dealkylation sites (N-methyl/N-ethyl adjacent to an activating group) is 1. The van der Waals surface area contributed by atoms with Crippen LogP contribution in [-0.2, 0) is 11.0 Å². The minimum absolute atomic E-state index is 0.117. The van der Waals surface area contributed by atoms with Crippen LogP contribution in [0.4, 0.5) is 36.3 Å². The average Bonchev–Trinajstić information content (AvgIpc) is 3.73. The Kier molecular flexibility index (Phi) is 7.92. The molecule has 0 atom stereocenters. The molecule has 206 valence electrons. The van der Waals surface area contributed by atoms with Crippen LogP contribution in [0.25, 0.3) is 0 Å². The number of aromatic nitrogens is 2. The Morgan fingerprint density at radius 2 is 1.87 bits per heavy atom. The molecular weight excluding hydrogens is 495 g/mol. The summed E-state index contributed by atoms with van der Waals surface area (Å²) in [5.74, 6) is 0.434. The molecule has 8 nitrogen and oxygen atoms in total. The predicted molar refractivity (Wildman–Crippen MR) is 142 cm³/mol. The number of rotatable bonds is 9. The van der Waals surface area contributed by atoms with E-state index in [4.69, 9.17) is 0 Å². The highest BCUT2D eigenvalue weighted by atomic mass is 19.4. The number of hydrogen-bond donors (Lipinski definition) is 2. The SMILES string of the molecule is CN1CCN(c2ccc(Nc3ncc(C(F)(F)F)c(NCCCN4CCCCC4=O)n3)c(C3CC3)c2)CC1. The van der Waals surface area contributed by atoms with Gasteiger partial charge in [0.05, 0.1) is 0 Å². The van der Waals surface area contributed by atoms with Crippen molar-refractivity contribution in [3.63, 3.8) is 0 Å². The summed E-state index contributed by atoms with van der Waals surface area (Å²) in [6.45, 7) is 5.48. The van der Waals surface area contributed by atoms with Gasteiger partial charge in [0.1, 0.15) is 11.4 Å². The van der Waals surface area contributed by atoms with Crippen LogP contribution in [0.15, 0.2) is 24.4 Å². The van der Waals surface area contributed by atoms with Gasteiger partial charge in [-0.25, -0.2) is 4.98 Å². The Balaban J connectivity index is 1.29. The van der Waals surface area contributed by atoms with Crippen LogP contribution in [0.1, 0.15) is 55.6 Å². The number of piperazine rings is 1. The monoisotopic (exact) mass is 531 g/mol. The van der Waals surface area contributed by atoms with Gasteiger partial charge in [-0.05, 0) is 68.8 Å². The number of alkyl halides is 3. The summed E-state index contributed by atoms with van der Waals surface area (Å²) >= 11 is 0. The summed E-state index contributed by atoms with van der Waals surface area (Å²) in [5.41, 5.74) is 2.27. The topological polar surface area (TPSA) is 76.6 Å². The summed E-state index contributed by atoms with van der Waals surface area (Å²) in [6.07, 6.45) is 1.41. The van der Waals surface area contributed by atoms with Gasteiger partial charge in [-0.2, -0.15) is 18.2 Å². The Bertz CT molecular complexity index is 1130. The van der Waals surface area contributed by atoms with Gasteiger partial charge in [0.15, 0.2) is 0 Å². The Hall–Kier alpha value is -3.08. The van der Waals surface area contributed by atoms with Crippen molar-refractivity contribution in [3.05, 3.63) is 35.5 Å². The summed E-state index contributed by atoms with van der Waals surface area (Å²) in [5, 5.41) is 6.03. The number of hydrogen-bond acceptors (Lipinski definition) is 7. The van der Waals surface area contributed by atoms with E-state index in [2.05, 4.69) is 49.6 Å². The molecule has 2 N–H and O–H groups in total. The second-order valence-corrected chi connectivity index (χ2v) is 10.5. The normalized spacial score (nSPS) is 19.1. The molecule has 1 saturated carbocycles.